The van der Waals surface area contributed by atoms with E-state index in [0.717, 1.165) is 6.54 Å². The van der Waals surface area contributed by atoms with Crippen LogP contribution >= 0.6 is 0 Å². The summed E-state index contributed by atoms with van der Waals surface area (Å²) in [4.78, 5) is 2.06. The van der Waals surface area contributed by atoms with Gasteiger partial charge in [-0.15, -0.1) is 0 Å². The van der Waals surface area contributed by atoms with Gasteiger partial charge in [0.05, 0.1) is 6.17 Å². The number of nitrogens with one attached hydrogen (secondary N) is 1. The van der Waals surface area contributed by atoms with Crippen molar-refractivity contribution in [3.63, 3.8) is 0 Å². The van der Waals surface area contributed by atoms with Gasteiger partial charge in [-0.05, 0) is 20.2 Å². The molecule has 0 fully saturated rings. The molecule has 58 valence electrons. The largest absolute Gasteiger partial charge is 0.360 e. The Kier molecular flexibility index (Phi) is 4.67. The standard InChI is InChI=1S/C8H16N2/c1-5-8(9-4)10(6-2)7-3/h5-6,8-9H,1-2,7H2,3-4H3. The van der Waals surface area contributed by atoms with E-state index in [1.807, 2.05) is 19.3 Å². The van der Waals surface area contributed by atoms with Gasteiger partial charge in [0.15, 0.2) is 0 Å². The van der Waals surface area contributed by atoms with Crippen LogP contribution in [0.5, 0.6) is 0 Å². The Morgan fingerprint density at radius 3 is 2.30 bits per heavy atom. The van der Waals surface area contributed by atoms with Crippen LogP contribution < -0.4 is 5.32 Å². The molecule has 1 atom stereocenters. The molecule has 0 saturated carbocycles. The summed E-state index contributed by atoms with van der Waals surface area (Å²) in [5.41, 5.74) is 0. The maximum absolute atomic E-state index is 3.70. The van der Waals surface area contributed by atoms with Gasteiger partial charge in [0.2, 0.25) is 0 Å². The van der Waals surface area contributed by atoms with Gasteiger partial charge in [-0.25, -0.2) is 0 Å². The van der Waals surface area contributed by atoms with Crippen molar-refractivity contribution in [2.45, 2.75) is 13.1 Å². The van der Waals surface area contributed by atoms with Crippen molar-refractivity contribution >= 4 is 0 Å². The van der Waals surface area contributed by atoms with E-state index in [1.165, 1.54) is 0 Å². The number of hydrogen-bond acceptors (Lipinski definition) is 2. The fraction of sp³-hybridized carbons (Fsp3) is 0.500. The lowest BCUT2D eigenvalue weighted by Crippen LogP contribution is -2.38. The van der Waals surface area contributed by atoms with Crippen LogP contribution in [0.3, 0.4) is 0 Å². The first-order valence-corrected chi connectivity index (χ1v) is 3.48. The van der Waals surface area contributed by atoms with Crippen LogP contribution in [0.1, 0.15) is 6.92 Å². The van der Waals surface area contributed by atoms with E-state index < -0.39 is 0 Å². The lowest BCUT2D eigenvalue weighted by Gasteiger charge is -2.25. The maximum Gasteiger partial charge on any atom is 0.0976 e. The first-order chi connectivity index (χ1) is 4.79. The molecule has 0 aliphatic heterocycles. The van der Waals surface area contributed by atoms with Gasteiger partial charge >= 0.3 is 0 Å². The monoisotopic (exact) mass is 140 g/mol. The predicted molar refractivity (Wildman–Crippen MR) is 45.6 cm³/mol. The zero-order valence-corrected chi connectivity index (χ0v) is 6.80. The lowest BCUT2D eigenvalue weighted by atomic mass is 10.4. The molecule has 0 rings (SSSR count). The number of nitrogens with zero attached hydrogens (tertiary/aromatic N) is 1. The zero-order valence-electron chi connectivity index (χ0n) is 6.80. The first-order valence-electron chi connectivity index (χ1n) is 3.48. The molecule has 0 spiro atoms. The van der Waals surface area contributed by atoms with Gasteiger partial charge in [0, 0.05) is 6.54 Å². The van der Waals surface area contributed by atoms with E-state index in [0.29, 0.717) is 0 Å². The number of hydrogen-bond donors (Lipinski definition) is 1. The summed E-state index contributed by atoms with van der Waals surface area (Å²) >= 11 is 0. The second kappa shape index (κ2) is 5.06. The Labute approximate surface area is 63.2 Å². The minimum Gasteiger partial charge on any atom is -0.360 e. The summed E-state index contributed by atoms with van der Waals surface area (Å²) < 4.78 is 0. The number of rotatable bonds is 5. The van der Waals surface area contributed by atoms with Crippen LogP contribution in [0.25, 0.3) is 0 Å². The smallest absolute Gasteiger partial charge is 0.0976 e. The molecule has 0 aliphatic rings. The molecule has 0 radical (unpaired) electrons. The van der Waals surface area contributed by atoms with Gasteiger partial charge in [0.25, 0.3) is 0 Å². The highest BCUT2D eigenvalue weighted by Crippen LogP contribution is 1.95. The SMILES string of the molecule is C=CC(NC)N(C=C)CC. The van der Waals surface area contributed by atoms with Crippen molar-refractivity contribution < 1.29 is 0 Å². The molecule has 1 N–H and O–H groups in total. The fourth-order valence-corrected chi connectivity index (χ4v) is 0.858. The Morgan fingerprint density at radius 2 is 2.20 bits per heavy atom. The summed E-state index contributed by atoms with van der Waals surface area (Å²) in [7, 11) is 1.90. The first kappa shape index (κ1) is 9.24. The van der Waals surface area contributed by atoms with E-state index in [1.54, 1.807) is 0 Å². The zero-order chi connectivity index (χ0) is 7.98. The Hall–Kier alpha value is -0.760. The average molecular weight is 140 g/mol. The maximum atomic E-state index is 3.70. The summed E-state index contributed by atoms with van der Waals surface area (Å²) in [6.45, 7) is 10.4. The molecule has 0 amide bonds. The minimum absolute atomic E-state index is 0.211. The van der Waals surface area contributed by atoms with E-state index in [4.69, 9.17) is 0 Å². The van der Waals surface area contributed by atoms with E-state index in [2.05, 4.69) is 30.3 Å². The van der Waals surface area contributed by atoms with E-state index >= 15 is 0 Å². The highest BCUT2D eigenvalue weighted by Gasteiger charge is 2.03. The molecular weight excluding hydrogens is 124 g/mol. The quantitative estimate of drug-likeness (QED) is 0.456. The lowest BCUT2D eigenvalue weighted by molar-refractivity contribution is 0.305. The summed E-state index contributed by atoms with van der Waals surface area (Å²) in [5.74, 6) is 0. The van der Waals surface area contributed by atoms with Crippen molar-refractivity contribution in [3.8, 4) is 0 Å². The highest BCUT2D eigenvalue weighted by molar-refractivity contribution is 4.88. The molecule has 10 heavy (non-hydrogen) atoms. The second-order valence-electron chi connectivity index (χ2n) is 1.98. The van der Waals surface area contributed by atoms with Crippen LogP contribution in [0.4, 0.5) is 0 Å². The predicted octanol–water partition coefficient (Wildman–Crippen LogP) is 1.18. The van der Waals surface area contributed by atoms with Crippen LogP contribution in [0, 0.1) is 0 Å². The van der Waals surface area contributed by atoms with Crippen molar-refractivity contribution in [1.29, 1.82) is 0 Å². The van der Waals surface area contributed by atoms with Crippen molar-refractivity contribution in [3.05, 3.63) is 25.4 Å². The molecule has 0 heterocycles. The molecule has 0 aromatic carbocycles. The molecule has 0 bridgehead atoms. The second-order valence-corrected chi connectivity index (χ2v) is 1.98. The molecule has 0 aromatic rings. The molecule has 2 heteroatoms. The Morgan fingerprint density at radius 1 is 1.60 bits per heavy atom. The van der Waals surface area contributed by atoms with Gasteiger partial charge < -0.3 is 4.90 Å². The molecule has 0 aliphatic carbocycles. The third kappa shape index (κ3) is 2.23. The minimum atomic E-state index is 0.211. The molecular formula is C8H16N2. The average Bonchev–Trinajstić information content (AvgIpc) is 2.00. The van der Waals surface area contributed by atoms with Crippen LogP contribution in [0.2, 0.25) is 0 Å². The van der Waals surface area contributed by atoms with E-state index in [9.17, 15) is 0 Å². The van der Waals surface area contributed by atoms with Crippen molar-refractivity contribution in [2.75, 3.05) is 13.6 Å². The molecule has 2 nitrogen and oxygen atoms in total. The van der Waals surface area contributed by atoms with E-state index in [-0.39, 0.29) is 6.17 Å². The van der Waals surface area contributed by atoms with Crippen LogP contribution in [-0.4, -0.2) is 24.7 Å². The van der Waals surface area contributed by atoms with Crippen molar-refractivity contribution in [1.82, 2.24) is 10.2 Å². The van der Waals surface area contributed by atoms with Gasteiger partial charge in [-0.3, -0.25) is 5.32 Å². The summed E-state index contributed by atoms with van der Waals surface area (Å²) in [6, 6.07) is 0. The highest BCUT2D eigenvalue weighted by atomic mass is 15.2. The topological polar surface area (TPSA) is 15.3 Å². The van der Waals surface area contributed by atoms with Crippen LogP contribution in [-0.2, 0) is 0 Å². The van der Waals surface area contributed by atoms with Gasteiger partial charge in [-0.1, -0.05) is 19.2 Å². The Bertz CT molecular complexity index is 95.8. The molecule has 1 unspecified atom stereocenters. The van der Waals surface area contributed by atoms with Crippen molar-refractivity contribution in [2.24, 2.45) is 0 Å². The normalized spacial score (nSPS) is 12.2. The van der Waals surface area contributed by atoms with Gasteiger partial charge in [0.1, 0.15) is 0 Å². The molecule has 0 saturated heterocycles. The Balaban J connectivity index is 3.93. The third-order valence-corrected chi connectivity index (χ3v) is 1.48. The molecule has 0 aromatic heterocycles. The fourth-order valence-electron chi connectivity index (χ4n) is 0.858. The number of likely N-dealkylation sites (N-methyl/N-ethyl adjacent to an activating group) is 2. The third-order valence-electron chi connectivity index (χ3n) is 1.48. The van der Waals surface area contributed by atoms with Crippen LogP contribution in [0.15, 0.2) is 25.4 Å². The summed E-state index contributed by atoms with van der Waals surface area (Å²) in [6.07, 6.45) is 3.87. The van der Waals surface area contributed by atoms with Gasteiger partial charge in [-0.2, -0.15) is 0 Å². The summed E-state index contributed by atoms with van der Waals surface area (Å²) in [5, 5.41) is 3.09.